The number of sulfonamides is 1. The molecular weight excluding hydrogens is 482 g/mol. The Kier molecular flexibility index (Phi) is 6.35. The molecule has 0 radical (unpaired) electrons. The van der Waals surface area contributed by atoms with Crippen LogP contribution in [0.4, 0.5) is 0 Å². The minimum atomic E-state index is -3.62. The number of nitrogens with zero attached hydrogens (tertiary/aromatic N) is 4. The lowest BCUT2D eigenvalue weighted by Crippen LogP contribution is -2.37. The van der Waals surface area contributed by atoms with Crippen molar-refractivity contribution in [1.82, 2.24) is 14.1 Å². The number of aromatic nitrogens is 2. The second-order valence-corrected chi connectivity index (χ2v) is 11.7. The molecule has 1 fully saturated rings. The standard InChI is InChI=1S/C25H25N5O3S2/c1-17-10-12-29(13-11-17)35(32,33)21-9-5-6-18(14-21)23-19(15-22-24(31)27-25(26)34-22)16-30(28-23)20-7-3-2-4-8-20/h2-9,14-17H,10-13H2,1H3,(H2,26,27,31)/b22-15-. The highest BCUT2D eigenvalue weighted by Crippen LogP contribution is 2.33. The second-order valence-electron chi connectivity index (χ2n) is 8.69. The molecule has 3 aromatic rings. The van der Waals surface area contributed by atoms with E-state index in [4.69, 9.17) is 10.8 Å². The fourth-order valence-electron chi connectivity index (χ4n) is 4.18. The van der Waals surface area contributed by atoms with Crippen molar-refractivity contribution in [2.24, 2.45) is 16.6 Å². The Morgan fingerprint density at radius 1 is 1.09 bits per heavy atom. The molecule has 10 heteroatoms. The van der Waals surface area contributed by atoms with Crippen LogP contribution >= 0.6 is 11.8 Å². The Bertz CT molecular complexity index is 1440. The lowest BCUT2D eigenvalue weighted by Gasteiger charge is -2.29. The van der Waals surface area contributed by atoms with Gasteiger partial charge >= 0.3 is 0 Å². The molecule has 0 saturated carbocycles. The van der Waals surface area contributed by atoms with Gasteiger partial charge < -0.3 is 5.73 Å². The van der Waals surface area contributed by atoms with Crippen molar-refractivity contribution in [1.29, 1.82) is 0 Å². The summed E-state index contributed by atoms with van der Waals surface area (Å²) in [5, 5.41) is 4.95. The van der Waals surface area contributed by atoms with Crippen LogP contribution < -0.4 is 5.73 Å². The molecule has 0 aliphatic carbocycles. The molecule has 180 valence electrons. The van der Waals surface area contributed by atoms with Crippen LogP contribution in [0, 0.1) is 5.92 Å². The van der Waals surface area contributed by atoms with Gasteiger partial charge in [0.05, 0.1) is 15.5 Å². The number of carbonyl (C=O) groups excluding carboxylic acids is 1. The number of para-hydroxylation sites is 1. The summed E-state index contributed by atoms with van der Waals surface area (Å²) in [4.78, 5) is 16.6. The van der Waals surface area contributed by atoms with Gasteiger partial charge in [-0.05, 0) is 60.9 Å². The predicted molar refractivity (Wildman–Crippen MR) is 138 cm³/mol. The van der Waals surface area contributed by atoms with E-state index in [1.807, 2.05) is 42.6 Å². The molecule has 5 rings (SSSR count). The van der Waals surface area contributed by atoms with Gasteiger partial charge in [0.25, 0.3) is 5.91 Å². The van der Waals surface area contributed by atoms with Crippen LogP contribution in [-0.2, 0) is 14.8 Å². The van der Waals surface area contributed by atoms with E-state index in [0.29, 0.717) is 40.7 Å². The fourth-order valence-corrected chi connectivity index (χ4v) is 6.36. The summed E-state index contributed by atoms with van der Waals surface area (Å²) >= 11 is 1.10. The molecule has 2 aromatic carbocycles. The molecule has 2 aliphatic rings. The lowest BCUT2D eigenvalue weighted by atomic mass is 10.0. The first-order valence-electron chi connectivity index (χ1n) is 11.3. The first-order chi connectivity index (χ1) is 16.8. The van der Waals surface area contributed by atoms with Crippen molar-refractivity contribution in [3.8, 4) is 16.9 Å². The number of aliphatic imine (C=N–C) groups is 1. The molecule has 0 unspecified atom stereocenters. The van der Waals surface area contributed by atoms with Crippen LogP contribution in [-0.4, -0.2) is 46.7 Å². The number of rotatable bonds is 5. The van der Waals surface area contributed by atoms with Gasteiger partial charge in [0, 0.05) is 30.4 Å². The number of nitrogens with two attached hydrogens (primary N) is 1. The average molecular weight is 508 g/mol. The van der Waals surface area contributed by atoms with Crippen LogP contribution in [0.5, 0.6) is 0 Å². The second kappa shape index (κ2) is 9.44. The molecule has 0 bridgehead atoms. The summed E-state index contributed by atoms with van der Waals surface area (Å²) in [6.07, 6.45) is 5.22. The van der Waals surface area contributed by atoms with Gasteiger partial charge in [-0.1, -0.05) is 37.3 Å². The van der Waals surface area contributed by atoms with Crippen LogP contribution in [0.25, 0.3) is 23.0 Å². The van der Waals surface area contributed by atoms with Gasteiger partial charge in [0.15, 0.2) is 5.17 Å². The van der Waals surface area contributed by atoms with Crippen molar-refractivity contribution in [2.45, 2.75) is 24.7 Å². The zero-order valence-electron chi connectivity index (χ0n) is 19.2. The van der Waals surface area contributed by atoms with Gasteiger partial charge in [-0.25, -0.2) is 13.1 Å². The highest BCUT2D eigenvalue weighted by Gasteiger charge is 2.29. The zero-order chi connectivity index (χ0) is 24.6. The quantitative estimate of drug-likeness (QED) is 0.525. The Morgan fingerprint density at radius 2 is 1.83 bits per heavy atom. The summed E-state index contributed by atoms with van der Waals surface area (Å²) in [6, 6.07) is 16.4. The normalized spacial score (nSPS) is 18.8. The maximum atomic E-state index is 13.4. The third kappa shape index (κ3) is 4.82. The van der Waals surface area contributed by atoms with Crippen molar-refractivity contribution in [2.75, 3.05) is 13.1 Å². The SMILES string of the molecule is CC1CCN(S(=O)(=O)c2cccc(-c3nn(-c4ccccc4)cc3/C=C3\SC(N)=NC3=O)c2)CC1. The third-order valence-corrected chi connectivity index (χ3v) is 8.88. The molecule has 8 nitrogen and oxygen atoms in total. The Balaban J connectivity index is 1.57. The number of hydrogen-bond donors (Lipinski definition) is 1. The zero-order valence-corrected chi connectivity index (χ0v) is 20.8. The molecule has 0 atom stereocenters. The topological polar surface area (TPSA) is 111 Å². The highest BCUT2D eigenvalue weighted by molar-refractivity contribution is 8.18. The van der Waals surface area contributed by atoms with Crippen LogP contribution in [0.1, 0.15) is 25.3 Å². The molecule has 2 aliphatic heterocycles. The van der Waals surface area contributed by atoms with E-state index in [0.717, 1.165) is 30.3 Å². The number of carbonyl (C=O) groups is 1. The maximum Gasteiger partial charge on any atom is 0.286 e. The van der Waals surface area contributed by atoms with Gasteiger partial charge in [-0.2, -0.15) is 14.4 Å². The van der Waals surface area contributed by atoms with E-state index in [2.05, 4.69) is 11.9 Å². The van der Waals surface area contributed by atoms with Crippen LogP contribution in [0.2, 0.25) is 0 Å². The van der Waals surface area contributed by atoms with E-state index in [9.17, 15) is 13.2 Å². The predicted octanol–water partition coefficient (Wildman–Crippen LogP) is 3.89. The monoisotopic (exact) mass is 507 g/mol. The summed E-state index contributed by atoms with van der Waals surface area (Å²) < 4.78 is 30.0. The molecule has 1 aromatic heterocycles. The minimum Gasteiger partial charge on any atom is -0.378 e. The van der Waals surface area contributed by atoms with E-state index in [-0.39, 0.29) is 10.1 Å². The highest BCUT2D eigenvalue weighted by atomic mass is 32.2. The molecule has 1 saturated heterocycles. The minimum absolute atomic E-state index is 0.196. The number of piperidine rings is 1. The van der Waals surface area contributed by atoms with Crippen molar-refractivity contribution >= 4 is 38.9 Å². The molecule has 2 N–H and O–H groups in total. The van der Waals surface area contributed by atoms with E-state index < -0.39 is 15.9 Å². The lowest BCUT2D eigenvalue weighted by molar-refractivity contribution is -0.113. The molecule has 35 heavy (non-hydrogen) atoms. The molecule has 1 amide bonds. The van der Waals surface area contributed by atoms with Crippen LogP contribution in [0.3, 0.4) is 0 Å². The number of thioether (sulfide) groups is 1. The Morgan fingerprint density at radius 3 is 2.51 bits per heavy atom. The number of amidine groups is 1. The van der Waals surface area contributed by atoms with E-state index in [1.165, 1.54) is 0 Å². The smallest absolute Gasteiger partial charge is 0.286 e. The van der Waals surface area contributed by atoms with Crippen LogP contribution in [0.15, 0.2) is 75.6 Å². The van der Waals surface area contributed by atoms with Gasteiger partial charge in [0.1, 0.15) is 5.69 Å². The molecular formula is C25H25N5O3S2. The summed E-state index contributed by atoms with van der Waals surface area (Å²) in [7, 11) is -3.62. The van der Waals surface area contributed by atoms with Gasteiger partial charge in [-0.3, -0.25) is 4.79 Å². The first-order valence-corrected chi connectivity index (χ1v) is 13.6. The van der Waals surface area contributed by atoms with E-state index >= 15 is 0 Å². The van der Waals surface area contributed by atoms with Crippen molar-refractivity contribution < 1.29 is 13.2 Å². The van der Waals surface area contributed by atoms with Crippen molar-refractivity contribution in [3.05, 3.63) is 71.3 Å². The number of hydrogen-bond acceptors (Lipinski definition) is 6. The Hall–Kier alpha value is -3.21. The van der Waals surface area contributed by atoms with Gasteiger partial charge in [-0.15, -0.1) is 0 Å². The molecule has 3 heterocycles. The number of amides is 1. The average Bonchev–Trinajstić information content (AvgIpc) is 3.42. The van der Waals surface area contributed by atoms with E-state index in [1.54, 1.807) is 33.3 Å². The molecule has 0 spiro atoms. The summed E-state index contributed by atoms with van der Waals surface area (Å²) in [6.45, 7) is 3.19. The Labute approximate surface area is 208 Å². The largest absolute Gasteiger partial charge is 0.378 e. The first kappa shape index (κ1) is 23.5. The maximum absolute atomic E-state index is 13.4. The van der Waals surface area contributed by atoms with Gasteiger partial charge in [0.2, 0.25) is 10.0 Å². The third-order valence-electron chi connectivity index (χ3n) is 6.17. The summed E-state index contributed by atoms with van der Waals surface area (Å²) in [5.74, 6) is 0.126. The number of benzene rings is 2. The summed E-state index contributed by atoms with van der Waals surface area (Å²) in [5.41, 5.74) is 8.42. The fraction of sp³-hybridized carbons (Fsp3) is 0.240. The van der Waals surface area contributed by atoms with Crippen molar-refractivity contribution in [3.63, 3.8) is 0 Å².